The van der Waals surface area contributed by atoms with E-state index in [1.165, 1.54) is 0 Å². The molecule has 1 aromatic rings. The Bertz CT molecular complexity index is 665. The van der Waals surface area contributed by atoms with Crippen LogP contribution in [0.15, 0.2) is 29.4 Å². The molecule has 0 saturated carbocycles. The van der Waals surface area contributed by atoms with Crippen molar-refractivity contribution in [3.63, 3.8) is 0 Å². The normalized spacial score (nSPS) is 20.8. The maximum Gasteiger partial charge on any atom is 0.240 e. The summed E-state index contributed by atoms with van der Waals surface area (Å²) >= 11 is 0. The second kappa shape index (κ2) is 6.91. The van der Waals surface area contributed by atoms with E-state index < -0.39 is 9.84 Å². The number of phenols is 1. The first-order valence-electron chi connectivity index (χ1n) is 7.25. The van der Waals surface area contributed by atoms with Crippen LogP contribution in [0.5, 0.6) is 5.75 Å². The van der Waals surface area contributed by atoms with Gasteiger partial charge in [0.25, 0.3) is 0 Å². The van der Waals surface area contributed by atoms with Gasteiger partial charge in [0.15, 0.2) is 9.84 Å². The van der Waals surface area contributed by atoms with E-state index in [0.717, 1.165) is 5.56 Å². The van der Waals surface area contributed by atoms with E-state index in [9.17, 15) is 18.3 Å². The van der Waals surface area contributed by atoms with Crippen molar-refractivity contribution in [3.05, 3.63) is 29.8 Å². The molecule has 1 saturated heterocycles. The predicted molar refractivity (Wildman–Crippen MR) is 84.5 cm³/mol. The van der Waals surface area contributed by atoms with Gasteiger partial charge in [0.05, 0.1) is 17.2 Å². The Labute approximate surface area is 130 Å². The Morgan fingerprint density at radius 3 is 2.59 bits per heavy atom. The molecule has 0 aliphatic carbocycles. The highest BCUT2D eigenvalue weighted by atomic mass is 32.2. The highest BCUT2D eigenvalue weighted by Crippen LogP contribution is 2.21. The monoisotopic (exact) mass is 324 g/mol. The largest absolute Gasteiger partial charge is 0.508 e. The number of rotatable bonds is 5. The Morgan fingerprint density at radius 1 is 1.36 bits per heavy atom. The number of hydrazone groups is 1. The molecule has 1 amide bonds. The van der Waals surface area contributed by atoms with Crippen molar-refractivity contribution < 1.29 is 18.3 Å². The number of aromatic hydroxyl groups is 1. The minimum Gasteiger partial charge on any atom is -0.508 e. The van der Waals surface area contributed by atoms with Gasteiger partial charge in [-0.05, 0) is 48.6 Å². The SMILES string of the molecule is CC/C(=N\NC(=O)C[C@H]1CCS(=O)(=O)C1)c1ccc(O)cc1. The number of carbonyl (C=O) groups is 1. The quantitative estimate of drug-likeness (QED) is 0.633. The van der Waals surface area contributed by atoms with Crippen molar-refractivity contribution in [2.75, 3.05) is 11.5 Å². The zero-order valence-electron chi connectivity index (χ0n) is 12.4. The topological polar surface area (TPSA) is 95.8 Å². The third kappa shape index (κ3) is 4.56. The lowest BCUT2D eigenvalue weighted by atomic mass is 10.1. The highest BCUT2D eigenvalue weighted by molar-refractivity contribution is 7.91. The third-order valence-corrected chi connectivity index (χ3v) is 5.49. The lowest BCUT2D eigenvalue weighted by molar-refractivity contribution is -0.121. The summed E-state index contributed by atoms with van der Waals surface area (Å²) in [5, 5.41) is 13.4. The zero-order chi connectivity index (χ0) is 16.2. The van der Waals surface area contributed by atoms with Crippen molar-refractivity contribution in [2.45, 2.75) is 26.2 Å². The van der Waals surface area contributed by atoms with Crippen LogP contribution in [0.1, 0.15) is 31.7 Å². The number of nitrogens with one attached hydrogen (secondary N) is 1. The number of carbonyl (C=O) groups excluding carboxylic acids is 1. The Kier molecular flexibility index (Phi) is 5.18. The van der Waals surface area contributed by atoms with Gasteiger partial charge >= 0.3 is 0 Å². The van der Waals surface area contributed by atoms with Crippen molar-refractivity contribution in [1.82, 2.24) is 5.43 Å². The summed E-state index contributed by atoms with van der Waals surface area (Å²) in [6.45, 7) is 1.92. The molecule has 7 heteroatoms. The fourth-order valence-electron chi connectivity index (χ4n) is 2.47. The van der Waals surface area contributed by atoms with Crippen LogP contribution in [-0.4, -0.2) is 36.6 Å². The van der Waals surface area contributed by atoms with Crippen LogP contribution in [0.25, 0.3) is 0 Å². The molecule has 1 aliphatic rings. The Morgan fingerprint density at radius 2 is 2.05 bits per heavy atom. The smallest absolute Gasteiger partial charge is 0.240 e. The van der Waals surface area contributed by atoms with Crippen LogP contribution in [0.2, 0.25) is 0 Å². The van der Waals surface area contributed by atoms with Crippen LogP contribution < -0.4 is 5.43 Å². The predicted octanol–water partition coefficient (Wildman–Crippen LogP) is 1.45. The number of benzene rings is 1. The van der Waals surface area contributed by atoms with Gasteiger partial charge in [0.1, 0.15) is 5.75 Å². The van der Waals surface area contributed by atoms with E-state index in [-0.39, 0.29) is 35.5 Å². The second-order valence-electron chi connectivity index (χ2n) is 5.47. The molecule has 120 valence electrons. The second-order valence-corrected chi connectivity index (χ2v) is 7.70. The zero-order valence-corrected chi connectivity index (χ0v) is 13.3. The van der Waals surface area contributed by atoms with E-state index in [2.05, 4.69) is 10.5 Å². The van der Waals surface area contributed by atoms with Crippen LogP contribution in [0.3, 0.4) is 0 Å². The molecule has 2 N–H and O–H groups in total. The van der Waals surface area contributed by atoms with Gasteiger partial charge in [-0.1, -0.05) is 6.92 Å². The van der Waals surface area contributed by atoms with Gasteiger partial charge in [0.2, 0.25) is 5.91 Å². The first-order valence-corrected chi connectivity index (χ1v) is 9.07. The van der Waals surface area contributed by atoms with Gasteiger partial charge in [-0.2, -0.15) is 5.10 Å². The van der Waals surface area contributed by atoms with E-state index in [4.69, 9.17) is 0 Å². The van der Waals surface area contributed by atoms with Crippen LogP contribution in [0, 0.1) is 5.92 Å². The van der Waals surface area contributed by atoms with Gasteiger partial charge in [0, 0.05) is 6.42 Å². The molecular weight excluding hydrogens is 304 g/mol. The molecule has 0 unspecified atom stereocenters. The average Bonchev–Trinajstić information content (AvgIpc) is 2.80. The molecule has 0 radical (unpaired) electrons. The molecule has 0 spiro atoms. The van der Waals surface area contributed by atoms with Crippen molar-refractivity contribution >= 4 is 21.5 Å². The number of hydrogen-bond acceptors (Lipinski definition) is 5. The number of amides is 1. The molecule has 1 fully saturated rings. The van der Waals surface area contributed by atoms with Crippen molar-refractivity contribution in [1.29, 1.82) is 0 Å². The van der Waals surface area contributed by atoms with Crippen molar-refractivity contribution in [3.8, 4) is 5.75 Å². The molecule has 1 aromatic carbocycles. The summed E-state index contributed by atoms with van der Waals surface area (Å²) in [6, 6.07) is 6.58. The van der Waals surface area contributed by atoms with E-state index in [1.54, 1.807) is 24.3 Å². The summed E-state index contributed by atoms with van der Waals surface area (Å²) in [5.41, 5.74) is 4.02. The van der Waals surface area contributed by atoms with Gasteiger partial charge in [-0.25, -0.2) is 13.8 Å². The fraction of sp³-hybridized carbons (Fsp3) is 0.467. The molecule has 22 heavy (non-hydrogen) atoms. The average molecular weight is 324 g/mol. The molecule has 0 bridgehead atoms. The molecule has 2 rings (SSSR count). The lowest BCUT2D eigenvalue weighted by Gasteiger charge is -2.08. The van der Waals surface area contributed by atoms with E-state index in [1.807, 2.05) is 6.92 Å². The van der Waals surface area contributed by atoms with Crippen LogP contribution in [0.4, 0.5) is 0 Å². The standard InChI is InChI=1S/C15H20N2O4S/c1-2-14(12-3-5-13(18)6-4-12)16-17-15(19)9-11-7-8-22(20,21)10-11/h3-6,11,18H,2,7-10H2,1H3,(H,17,19)/b16-14+/t11-/m1/s1. The van der Waals surface area contributed by atoms with Gasteiger partial charge in [-0.3, -0.25) is 4.79 Å². The summed E-state index contributed by atoms with van der Waals surface area (Å²) in [5.74, 6) is 0.0430. The molecular formula is C15H20N2O4S. The molecule has 1 aliphatic heterocycles. The first kappa shape index (κ1) is 16.5. The molecule has 1 heterocycles. The first-order chi connectivity index (χ1) is 10.4. The summed E-state index contributed by atoms with van der Waals surface area (Å²) in [6.07, 6.45) is 1.34. The summed E-state index contributed by atoms with van der Waals surface area (Å²) in [7, 11) is -2.96. The maximum atomic E-state index is 11.9. The number of sulfone groups is 1. The minimum absolute atomic E-state index is 0.0860. The molecule has 0 aromatic heterocycles. The van der Waals surface area contributed by atoms with E-state index >= 15 is 0 Å². The number of phenolic OH excluding ortho intramolecular Hbond substituents is 1. The summed E-state index contributed by atoms with van der Waals surface area (Å²) in [4.78, 5) is 11.9. The molecule has 1 atom stereocenters. The van der Waals surface area contributed by atoms with Crippen LogP contribution >= 0.6 is 0 Å². The van der Waals surface area contributed by atoms with Gasteiger partial charge in [-0.15, -0.1) is 0 Å². The summed E-state index contributed by atoms with van der Waals surface area (Å²) < 4.78 is 22.7. The molecule has 6 nitrogen and oxygen atoms in total. The Balaban J connectivity index is 1.94. The maximum absolute atomic E-state index is 11.9. The van der Waals surface area contributed by atoms with Gasteiger partial charge < -0.3 is 5.11 Å². The Hall–Kier alpha value is -1.89. The minimum atomic E-state index is -2.96. The van der Waals surface area contributed by atoms with Crippen LogP contribution in [-0.2, 0) is 14.6 Å². The highest BCUT2D eigenvalue weighted by Gasteiger charge is 2.29. The lowest BCUT2D eigenvalue weighted by Crippen LogP contribution is -2.23. The fourth-order valence-corrected chi connectivity index (χ4v) is 4.33. The number of hydrogen-bond donors (Lipinski definition) is 2. The number of nitrogens with zero attached hydrogens (tertiary/aromatic N) is 1. The van der Waals surface area contributed by atoms with Crippen molar-refractivity contribution in [2.24, 2.45) is 11.0 Å². The van der Waals surface area contributed by atoms with E-state index in [0.29, 0.717) is 18.6 Å². The third-order valence-electron chi connectivity index (χ3n) is 3.65.